The molecular weight excluding hydrogens is 187 g/mol. The maximum absolute atomic E-state index is 8.80. The van der Waals surface area contributed by atoms with Crippen molar-refractivity contribution in [1.29, 1.82) is 0 Å². The number of aromatic hydroxyl groups is 1. The number of rotatable bonds is 0. The highest BCUT2D eigenvalue weighted by Crippen LogP contribution is 2.19. The molecule has 0 aliphatic rings. The van der Waals surface area contributed by atoms with E-state index in [1.54, 1.807) is 6.07 Å². The van der Waals surface area contributed by atoms with Gasteiger partial charge in [-0.2, -0.15) is 0 Å². The SMILES string of the molecule is Cl.Cl.Nc1ccc(O)cc1N. The van der Waals surface area contributed by atoms with Crippen LogP contribution in [0.25, 0.3) is 0 Å². The molecule has 0 amide bonds. The largest absolute Gasteiger partial charge is 0.508 e. The molecular formula is C6H10Cl2N2O. The van der Waals surface area contributed by atoms with Gasteiger partial charge in [0.1, 0.15) is 5.75 Å². The molecule has 0 bridgehead atoms. The summed E-state index contributed by atoms with van der Waals surface area (Å²) in [6.07, 6.45) is 0. The number of benzene rings is 1. The Bertz CT molecular complexity index is 230. The maximum atomic E-state index is 8.80. The molecule has 0 aliphatic carbocycles. The van der Waals surface area contributed by atoms with Crippen LogP contribution in [0.5, 0.6) is 5.75 Å². The van der Waals surface area contributed by atoms with Gasteiger partial charge in [0.15, 0.2) is 0 Å². The molecule has 0 atom stereocenters. The topological polar surface area (TPSA) is 72.3 Å². The molecule has 0 heterocycles. The van der Waals surface area contributed by atoms with Crippen LogP contribution >= 0.6 is 24.8 Å². The molecule has 3 nitrogen and oxygen atoms in total. The van der Waals surface area contributed by atoms with Gasteiger partial charge in [0.25, 0.3) is 0 Å². The van der Waals surface area contributed by atoms with Crippen LogP contribution in [-0.2, 0) is 0 Å². The molecule has 1 rings (SSSR count). The number of nitrogen functional groups attached to an aromatic ring is 2. The Hall–Kier alpha value is -0.800. The van der Waals surface area contributed by atoms with Crippen molar-refractivity contribution in [3.8, 4) is 5.75 Å². The van der Waals surface area contributed by atoms with Crippen LogP contribution < -0.4 is 11.5 Å². The second kappa shape index (κ2) is 4.93. The van der Waals surface area contributed by atoms with Gasteiger partial charge >= 0.3 is 0 Å². The Labute approximate surface area is 77.2 Å². The molecule has 1 aromatic rings. The number of halogens is 2. The Balaban J connectivity index is 0. The number of phenols is 1. The third-order valence-corrected chi connectivity index (χ3v) is 1.07. The molecule has 0 unspecified atom stereocenters. The monoisotopic (exact) mass is 196 g/mol. The predicted molar refractivity (Wildman–Crippen MR) is 51.4 cm³/mol. The van der Waals surface area contributed by atoms with Crippen molar-refractivity contribution in [3.05, 3.63) is 18.2 Å². The lowest BCUT2D eigenvalue weighted by molar-refractivity contribution is 0.476. The fourth-order valence-electron chi connectivity index (χ4n) is 0.562. The summed E-state index contributed by atoms with van der Waals surface area (Å²) in [4.78, 5) is 0. The van der Waals surface area contributed by atoms with Crippen molar-refractivity contribution in [3.63, 3.8) is 0 Å². The minimum absolute atomic E-state index is 0. The van der Waals surface area contributed by atoms with Crippen molar-refractivity contribution in [1.82, 2.24) is 0 Å². The third kappa shape index (κ3) is 3.20. The van der Waals surface area contributed by atoms with E-state index in [1.165, 1.54) is 12.1 Å². The van der Waals surface area contributed by atoms with E-state index in [9.17, 15) is 0 Å². The fourth-order valence-corrected chi connectivity index (χ4v) is 0.562. The van der Waals surface area contributed by atoms with Gasteiger partial charge in [0.05, 0.1) is 11.4 Å². The first kappa shape index (κ1) is 12.8. The lowest BCUT2D eigenvalue weighted by atomic mass is 10.3. The van der Waals surface area contributed by atoms with Crippen LogP contribution in [0.1, 0.15) is 0 Å². The van der Waals surface area contributed by atoms with Crippen LogP contribution in [0, 0.1) is 0 Å². The molecule has 0 fully saturated rings. The van der Waals surface area contributed by atoms with Crippen LogP contribution in [0.15, 0.2) is 18.2 Å². The molecule has 5 heteroatoms. The zero-order valence-corrected chi connectivity index (χ0v) is 7.28. The van der Waals surface area contributed by atoms with Crippen molar-refractivity contribution >= 4 is 36.2 Å². The van der Waals surface area contributed by atoms with E-state index in [0.29, 0.717) is 11.4 Å². The van der Waals surface area contributed by atoms with Crippen molar-refractivity contribution in [2.75, 3.05) is 11.5 Å². The molecule has 5 N–H and O–H groups in total. The smallest absolute Gasteiger partial charge is 0.117 e. The zero-order chi connectivity index (χ0) is 6.85. The second-order valence-corrected chi connectivity index (χ2v) is 1.81. The van der Waals surface area contributed by atoms with E-state index in [4.69, 9.17) is 16.6 Å². The van der Waals surface area contributed by atoms with E-state index in [-0.39, 0.29) is 30.6 Å². The summed E-state index contributed by atoms with van der Waals surface area (Å²) < 4.78 is 0. The fraction of sp³-hybridized carbons (Fsp3) is 0. The molecule has 0 radical (unpaired) electrons. The number of nitrogens with two attached hydrogens (primary N) is 2. The first-order valence-electron chi connectivity index (χ1n) is 2.54. The minimum Gasteiger partial charge on any atom is -0.508 e. The van der Waals surface area contributed by atoms with Gasteiger partial charge in [-0.25, -0.2) is 0 Å². The highest BCUT2D eigenvalue weighted by Gasteiger charge is 1.92. The van der Waals surface area contributed by atoms with Crippen LogP contribution in [-0.4, -0.2) is 5.11 Å². The zero-order valence-electron chi connectivity index (χ0n) is 5.65. The number of phenolic OH excluding ortho intramolecular Hbond substituents is 1. The molecule has 0 saturated carbocycles. The lowest BCUT2D eigenvalue weighted by Gasteiger charge is -1.97. The molecule has 0 saturated heterocycles. The second-order valence-electron chi connectivity index (χ2n) is 1.81. The van der Waals surface area contributed by atoms with Gasteiger partial charge in [-0.05, 0) is 12.1 Å². The Morgan fingerprint density at radius 3 is 1.91 bits per heavy atom. The predicted octanol–water partition coefficient (Wildman–Crippen LogP) is 1.40. The summed E-state index contributed by atoms with van der Waals surface area (Å²) in [5, 5.41) is 8.80. The molecule has 0 aliphatic heterocycles. The van der Waals surface area contributed by atoms with E-state index < -0.39 is 0 Å². The van der Waals surface area contributed by atoms with E-state index in [1.807, 2.05) is 0 Å². The molecule has 1 aromatic carbocycles. The summed E-state index contributed by atoms with van der Waals surface area (Å²) in [5.74, 6) is 0.140. The Kier molecular flexibility index (Phi) is 5.76. The average Bonchev–Trinajstić information content (AvgIpc) is 1.80. The normalized spacial score (nSPS) is 7.64. The quantitative estimate of drug-likeness (QED) is 0.434. The van der Waals surface area contributed by atoms with E-state index in [0.717, 1.165) is 0 Å². The lowest BCUT2D eigenvalue weighted by Crippen LogP contribution is -1.92. The Morgan fingerprint density at radius 2 is 1.55 bits per heavy atom. The molecule has 11 heavy (non-hydrogen) atoms. The van der Waals surface area contributed by atoms with Gasteiger partial charge in [0.2, 0.25) is 0 Å². The number of hydrogen-bond donors (Lipinski definition) is 3. The van der Waals surface area contributed by atoms with Crippen LogP contribution in [0.3, 0.4) is 0 Å². The standard InChI is InChI=1S/C6H8N2O.2ClH/c7-5-2-1-4(9)3-6(5)8;;/h1-3,9H,7-8H2;2*1H. The molecule has 0 aromatic heterocycles. The van der Waals surface area contributed by atoms with Crippen molar-refractivity contribution in [2.24, 2.45) is 0 Å². The highest BCUT2D eigenvalue weighted by atomic mass is 35.5. The average molecular weight is 197 g/mol. The first-order chi connectivity index (χ1) is 4.20. The highest BCUT2D eigenvalue weighted by molar-refractivity contribution is 5.85. The van der Waals surface area contributed by atoms with Gasteiger partial charge in [-0.15, -0.1) is 24.8 Å². The maximum Gasteiger partial charge on any atom is 0.117 e. The summed E-state index contributed by atoms with van der Waals surface area (Å²) in [6, 6.07) is 4.46. The van der Waals surface area contributed by atoms with E-state index >= 15 is 0 Å². The number of anilines is 2. The summed E-state index contributed by atoms with van der Waals surface area (Å²) >= 11 is 0. The van der Waals surface area contributed by atoms with Crippen LogP contribution in [0.2, 0.25) is 0 Å². The van der Waals surface area contributed by atoms with Gasteiger partial charge in [0, 0.05) is 6.07 Å². The van der Waals surface area contributed by atoms with Gasteiger partial charge in [-0.3, -0.25) is 0 Å². The molecule has 64 valence electrons. The Morgan fingerprint density at radius 1 is 1.00 bits per heavy atom. The number of hydrogen-bond acceptors (Lipinski definition) is 3. The van der Waals surface area contributed by atoms with E-state index in [2.05, 4.69) is 0 Å². The van der Waals surface area contributed by atoms with Crippen molar-refractivity contribution in [2.45, 2.75) is 0 Å². The first-order valence-corrected chi connectivity index (χ1v) is 2.54. The summed E-state index contributed by atoms with van der Waals surface area (Å²) in [6.45, 7) is 0. The van der Waals surface area contributed by atoms with Crippen molar-refractivity contribution < 1.29 is 5.11 Å². The van der Waals surface area contributed by atoms with Gasteiger partial charge < -0.3 is 16.6 Å². The third-order valence-electron chi connectivity index (χ3n) is 1.07. The molecule has 0 spiro atoms. The van der Waals surface area contributed by atoms with Gasteiger partial charge in [-0.1, -0.05) is 0 Å². The minimum atomic E-state index is 0. The van der Waals surface area contributed by atoms with Crippen LogP contribution in [0.4, 0.5) is 11.4 Å². The summed E-state index contributed by atoms with van der Waals surface area (Å²) in [7, 11) is 0. The summed E-state index contributed by atoms with van der Waals surface area (Å²) in [5.41, 5.74) is 11.6.